The van der Waals surface area contributed by atoms with Crippen LogP contribution in [0.25, 0.3) is 0 Å². The Morgan fingerprint density at radius 2 is 2.05 bits per heavy atom. The third-order valence-electron chi connectivity index (χ3n) is 4.75. The molecule has 0 amide bonds. The molecule has 0 aromatic rings. The fourth-order valence-corrected chi connectivity index (χ4v) is 3.35. The molecule has 2 saturated heterocycles. The van der Waals surface area contributed by atoms with Crippen molar-refractivity contribution in [1.82, 2.24) is 15.1 Å². The van der Waals surface area contributed by atoms with E-state index in [0.29, 0.717) is 12.1 Å². The smallest absolute Gasteiger partial charge is 0.324 e. The summed E-state index contributed by atoms with van der Waals surface area (Å²) in [5.41, 5.74) is 0. The summed E-state index contributed by atoms with van der Waals surface area (Å²) in [7, 11) is 1.48. The Bertz CT molecular complexity index is 356. The van der Waals surface area contributed by atoms with Crippen LogP contribution in [-0.4, -0.2) is 86.9 Å². The van der Waals surface area contributed by atoms with Crippen molar-refractivity contribution in [1.29, 1.82) is 0 Å². The summed E-state index contributed by atoms with van der Waals surface area (Å²) in [5.74, 6) is -0.128. The van der Waals surface area contributed by atoms with Gasteiger partial charge in [0.2, 0.25) is 0 Å². The van der Waals surface area contributed by atoms with Gasteiger partial charge in [0.05, 0.1) is 20.3 Å². The van der Waals surface area contributed by atoms with Crippen LogP contribution in [0.2, 0.25) is 0 Å². The molecule has 0 aromatic carbocycles. The van der Waals surface area contributed by atoms with Gasteiger partial charge in [-0.25, -0.2) is 0 Å². The molecular formula is C15H27N3O3. The fraction of sp³-hybridized carbons (Fsp3) is 0.933. The van der Waals surface area contributed by atoms with Crippen molar-refractivity contribution < 1.29 is 14.3 Å². The van der Waals surface area contributed by atoms with E-state index in [-0.39, 0.29) is 12.0 Å². The van der Waals surface area contributed by atoms with Crippen LogP contribution in [0.3, 0.4) is 0 Å². The topological polar surface area (TPSA) is 54.0 Å². The van der Waals surface area contributed by atoms with E-state index in [4.69, 9.17) is 9.47 Å². The average molecular weight is 297 g/mol. The summed E-state index contributed by atoms with van der Waals surface area (Å²) < 4.78 is 10.4. The van der Waals surface area contributed by atoms with E-state index < -0.39 is 0 Å². The van der Waals surface area contributed by atoms with Gasteiger partial charge < -0.3 is 14.8 Å². The molecule has 1 saturated carbocycles. The summed E-state index contributed by atoms with van der Waals surface area (Å²) in [4.78, 5) is 16.8. The van der Waals surface area contributed by atoms with Gasteiger partial charge in [0, 0.05) is 38.3 Å². The molecule has 0 aromatic heterocycles. The lowest BCUT2D eigenvalue weighted by Crippen LogP contribution is -2.48. The predicted molar refractivity (Wildman–Crippen MR) is 79.2 cm³/mol. The van der Waals surface area contributed by atoms with Crippen molar-refractivity contribution in [2.24, 2.45) is 0 Å². The molecule has 21 heavy (non-hydrogen) atoms. The van der Waals surface area contributed by atoms with Crippen LogP contribution in [-0.2, 0) is 14.3 Å². The highest BCUT2D eigenvalue weighted by molar-refractivity contribution is 5.76. The highest BCUT2D eigenvalue weighted by atomic mass is 16.5. The molecule has 2 unspecified atom stereocenters. The summed E-state index contributed by atoms with van der Waals surface area (Å²) >= 11 is 0. The van der Waals surface area contributed by atoms with Crippen molar-refractivity contribution in [3.8, 4) is 0 Å². The van der Waals surface area contributed by atoms with E-state index in [1.807, 2.05) is 0 Å². The van der Waals surface area contributed by atoms with Crippen molar-refractivity contribution in [2.45, 2.75) is 37.4 Å². The molecule has 120 valence electrons. The standard InChI is InChI=1S/C15H27N3O3/c1-20-15(19)14(16-12-2-3-12)11-17-5-4-13(10-17)18-6-8-21-9-7-18/h12-14,16H,2-11H2,1H3. The first kappa shape index (κ1) is 15.2. The Balaban J connectivity index is 1.48. The zero-order valence-electron chi connectivity index (χ0n) is 12.9. The number of hydrogen-bond donors (Lipinski definition) is 1. The van der Waals surface area contributed by atoms with Crippen LogP contribution in [0.15, 0.2) is 0 Å². The maximum atomic E-state index is 11.9. The lowest BCUT2D eigenvalue weighted by Gasteiger charge is -2.32. The van der Waals surface area contributed by atoms with Gasteiger partial charge in [-0.2, -0.15) is 0 Å². The minimum atomic E-state index is -0.175. The third-order valence-corrected chi connectivity index (χ3v) is 4.75. The first-order valence-corrected chi connectivity index (χ1v) is 8.14. The summed E-state index contributed by atoms with van der Waals surface area (Å²) in [5, 5.41) is 3.41. The molecule has 3 aliphatic rings. The van der Waals surface area contributed by atoms with Crippen LogP contribution < -0.4 is 5.32 Å². The zero-order valence-corrected chi connectivity index (χ0v) is 12.9. The molecule has 6 nitrogen and oxygen atoms in total. The highest BCUT2D eigenvalue weighted by Crippen LogP contribution is 2.21. The normalized spacial score (nSPS) is 29.5. The number of ether oxygens (including phenoxy) is 2. The van der Waals surface area contributed by atoms with E-state index in [1.165, 1.54) is 26.4 Å². The monoisotopic (exact) mass is 297 g/mol. The first-order chi connectivity index (χ1) is 10.3. The maximum absolute atomic E-state index is 11.9. The molecule has 2 aliphatic heterocycles. The molecule has 2 heterocycles. The van der Waals surface area contributed by atoms with Gasteiger partial charge in [-0.3, -0.25) is 14.6 Å². The summed E-state index contributed by atoms with van der Waals surface area (Å²) in [6.45, 7) is 6.68. The van der Waals surface area contributed by atoms with Gasteiger partial charge in [0.25, 0.3) is 0 Å². The van der Waals surface area contributed by atoms with E-state index in [9.17, 15) is 4.79 Å². The van der Waals surface area contributed by atoms with Crippen molar-refractivity contribution in [2.75, 3.05) is 53.0 Å². The number of rotatable bonds is 6. The minimum absolute atomic E-state index is 0.128. The molecule has 0 radical (unpaired) electrons. The number of hydrogen-bond acceptors (Lipinski definition) is 6. The molecule has 6 heteroatoms. The maximum Gasteiger partial charge on any atom is 0.324 e. The van der Waals surface area contributed by atoms with E-state index in [2.05, 4.69) is 15.1 Å². The second-order valence-corrected chi connectivity index (χ2v) is 6.37. The lowest BCUT2D eigenvalue weighted by atomic mass is 10.2. The van der Waals surface area contributed by atoms with Crippen molar-refractivity contribution in [3.05, 3.63) is 0 Å². The van der Waals surface area contributed by atoms with E-state index >= 15 is 0 Å². The van der Waals surface area contributed by atoms with E-state index in [0.717, 1.165) is 45.9 Å². The number of nitrogens with zero attached hydrogens (tertiary/aromatic N) is 2. The largest absolute Gasteiger partial charge is 0.468 e. The van der Waals surface area contributed by atoms with Gasteiger partial charge in [0.1, 0.15) is 6.04 Å². The summed E-state index contributed by atoms with van der Waals surface area (Å²) in [6.07, 6.45) is 3.56. The molecule has 2 atom stereocenters. The van der Waals surface area contributed by atoms with Gasteiger partial charge >= 0.3 is 5.97 Å². The average Bonchev–Trinajstić information content (AvgIpc) is 3.22. The number of methoxy groups -OCH3 is 1. The Kier molecular flexibility index (Phi) is 5.11. The SMILES string of the molecule is COC(=O)C(CN1CCC(N2CCOCC2)C1)NC1CC1. The second-order valence-electron chi connectivity index (χ2n) is 6.37. The van der Waals surface area contributed by atoms with Gasteiger partial charge in [-0.15, -0.1) is 0 Å². The van der Waals surface area contributed by atoms with Gasteiger partial charge in [-0.05, 0) is 25.8 Å². The molecule has 3 fully saturated rings. The van der Waals surface area contributed by atoms with E-state index in [1.54, 1.807) is 0 Å². The first-order valence-electron chi connectivity index (χ1n) is 8.14. The molecule has 0 spiro atoms. The number of nitrogens with one attached hydrogen (secondary N) is 1. The number of carbonyl (C=O) groups is 1. The molecule has 1 N–H and O–H groups in total. The second kappa shape index (κ2) is 7.05. The van der Waals surface area contributed by atoms with Gasteiger partial charge in [-0.1, -0.05) is 0 Å². The number of esters is 1. The predicted octanol–water partition coefficient (Wildman–Crippen LogP) is -0.313. The van der Waals surface area contributed by atoms with Crippen molar-refractivity contribution in [3.63, 3.8) is 0 Å². The zero-order chi connectivity index (χ0) is 14.7. The van der Waals surface area contributed by atoms with Crippen LogP contribution in [0.1, 0.15) is 19.3 Å². The highest BCUT2D eigenvalue weighted by Gasteiger charge is 2.34. The fourth-order valence-electron chi connectivity index (χ4n) is 3.35. The molecular weight excluding hydrogens is 270 g/mol. The Morgan fingerprint density at radius 1 is 1.29 bits per heavy atom. The Morgan fingerprint density at radius 3 is 2.71 bits per heavy atom. The molecule has 3 rings (SSSR count). The lowest BCUT2D eigenvalue weighted by molar-refractivity contribution is -0.143. The number of morpholine rings is 1. The van der Waals surface area contributed by atoms with Crippen LogP contribution >= 0.6 is 0 Å². The molecule has 1 aliphatic carbocycles. The van der Waals surface area contributed by atoms with Crippen LogP contribution in [0.5, 0.6) is 0 Å². The molecule has 0 bridgehead atoms. The number of carbonyl (C=O) groups excluding carboxylic acids is 1. The third kappa shape index (κ3) is 4.16. The van der Waals surface area contributed by atoms with Gasteiger partial charge in [0.15, 0.2) is 0 Å². The minimum Gasteiger partial charge on any atom is -0.468 e. The van der Waals surface area contributed by atoms with Crippen LogP contribution in [0.4, 0.5) is 0 Å². The quantitative estimate of drug-likeness (QED) is 0.679. The Hall–Kier alpha value is -0.690. The summed E-state index contributed by atoms with van der Waals surface area (Å²) in [6, 6.07) is 0.964. The Labute approximate surface area is 126 Å². The number of likely N-dealkylation sites (tertiary alicyclic amines) is 1. The van der Waals surface area contributed by atoms with Crippen molar-refractivity contribution >= 4 is 5.97 Å². The van der Waals surface area contributed by atoms with Crippen LogP contribution in [0, 0.1) is 0 Å².